The quantitative estimate of drug-likeness (QED) is 0.709. The Morgan fingerprint density at radius 2 is 1.68 bits per heavy atom. The summed E-state index contributed by atoms with van der Waals surface area (Å²) in [4.78, 5) is 35.1. The number of amides is 1. The van der Waals surface area contributed by atoms with E-state index in [1.54, 1.807) is 11.6 Å². The smallest absolute Gasteiger partial charge is 0.261 e. The lowest BCUT2D eigenvalue weighted by molar-refractivity contribution is -0.125. The zero-order chi connectivity index (χ0) is 21.6. The molecule has 31 heavy (non-hydrogen) atoms. The molecule has 1 unspecified atom stereocenters. The van der Waals surface area contributed by atoms with Crippen LogP contribution in [0.25, 0.3) is 10.9 Å². The number of piperidine rings is 1. The number of anilines is 1. The highest BCUT2D eigenvalue weighted by Gasteiger charge is 2.50. The molecule has 3 heterocycles. The molecule has 1 N–H and O–H groups in total. The third-order valence-corrected chi connectivity index (χ3v) is 6.97. The molecular weight excluding hydrogens is 390 g/mol. The Kier molecular flexibility index (Phi) is 4.78. The summed E-state index contributed by atoms with van der Waals surface area (Å²) in [6.45, 7) is 4.17. The standard InChI is InChI=1S/C24H27N5O2/c1-17(21-26-20-11-7-6-10-19(20)22(30)27(21)2)28-14-12-24(13-15-28)23(31)25-16-29(24)18-8-4-3-5-9-18/h3-11,17H,12-16H2,1-2H3,(H,25,31). The zero-order valence-electron chi connectivity index (χ0n) is 17.9. The Morgan fingerprint density at radius 1 is 1.00 bits per heavy atom. The molecule has 1 aromatic heterocycles. The maximum absolute atomic E-state index is 12.9. The SMILES string of the molecule is CC(c1nc2ccccc2c(=O)n1C)N1CCC2(CC1)C(=O)NCN2c1ccccc1. The van der Waals surface area contributed by atoms with Crippen molar-refractivity contribution < 1.29 is 4.79 Å². The molecule has 0 radical (unpaired) electrons. The number of rotatable bonds is 3. The van der Waals surface area contributed by atoms with Crippen LogP contribution in [0.1, 0.15) is 31.6 Å². The molecule has 1 spiro atoms. The van der Waals surface area contributed by atoms with Crippen molar-refractivity contribution in [3.63, 3.8) is 0 Å². The monoisotopic (exact) mass is 417 g/mol. The van der Waals surface area contributed by atoms with Gasteiger partial charge in [0.15, 0.2) is 0 Å². The van der Waals surface area contributed by atoms with Gasteiger partial charge in [-0.25, -0.2) is 4.98 Å². The summed E-state index contributed by atoms with van der Waals surface area (Å²) in [5.41, 5.74) is 1.26. The Morgan fingerprint density at radius 3 is 2.42 bits per heavy atom. The average molecular weight is 418 g/mol. The maximum atomic E-state index is 12.9. The summed E-state index contributed by atoms with van der Waals surface area (Å²) in [6.07, 6.45) is 1.47. The fraction of sp³-hybridized carbons (Fsp3) is 0.375. The predicted molar refractivity (Wildman–Crippen MR) is 121 cm³/mol. The maximum Gasteiger partial charge on any atom is 0.261 e. The van der Waals surface area contributed by atoms with Crippen LogP contribution in [0.15, 0.2) is 59.4 Å². The molecule has 0 saturated carbocycles. The number of benzene rings is 2. The fourth-order valence-corrected chi connectivity index (χ4v) is 5.09. The van der Waals surface area contributed by atoms with Crippen LogP contribution in [0.5, 0.6) is 0 Å². The third-order valence-electron chi connectivity index (χ3n) is 6.97. The molecule has 5 rings (SSSR count). The number of para-hydroxylation sites is 2. The number of nitrogens with one attached hydrogen (secondary N) is 1. The minimum atomic E-state index is -0.514. The van der Waals surface area contributed by atoms with Gasteiger partial charge in [-0.05, 0) is 44.0 Å². The van der Waals surface area contributed by atoms with Gasteiger partial charge in [-0.1, -0.05) is 30.3 Å². The topological polar surface area (TPSA) is 70.5 Å². The van der Waals surface area contributed by atoms with Crippen molar-refractivity contribution in [1.29, 1.82) is 0 Å². The average Bonchev–Trinajstić information content (AvgIpc) is 3.12. The van der Waals surface area contributed by atoms with Gasteiger partial charge in [0, 0.05) is 25.8 Å². The number of carbonyl (C=O) groups excluding carboxylic acids is 1. The lowest BCUT2D eigenvalue weighted by Crippen LogP contribution is -2.56. The Hall–Kier alpha value is -3.19. The van der Waals surface area contributed by atoms with E-state index in [0.29, 0.717) is 12.1 Å². The van der Waals surface area contributed by atoms with Crippen molar-refractivity contribution in [3.8, 4) is 0 Å². The Bertz CT molecular complexity index is 1180. The lowest BCUT2D eigenvalue weighted by atomic mass is 9.85. The van der Waals surface area contributed by atoms with E-state index in [9.17, 15) is 9.59 Å². The van der Waals surface area contributed by atoms with Crippen LogP contribution < -0.4 is 15.8 Å². The Labute approximate surface area is 181 Å². The molecule has 7 nitrogen and oxygen atoms in total. The van der Waals surface area contributed by atoms with Gasteiger partial charge in [0.1, 0.15) is 11.4 Å². The first-order chi connectivity index (χ1) is 15.0. The molecule has 2 aromatic carbocycles. The second-order valence-electron chi connectivity index (χ2n) is 8.52. The summed E-state index contributed by atoms with van der Waals surface area (Å²) in [6, 6.07) is 17.6. The molecule has 0 bridgehead atoms. The van der Waals surface area contributed by atoms with Crippen molar-refractivity contribution in [2.75, 3.05) is 24.7 Å². The van der Waals surface area contributed by atoms with Crippen LogP contribution in [0.2, 0.25) is 0 Å². The van der Waals surface area contributed by atoms with Crippen LogP contribution in [-0.4, -0.2) is 45.7 Å². The lowest BCUT2D eigenvalue weighted by Gasteiger charge is -2.44. The van der Waals surface area contributed by atoms with E-state index in [1.165, 1.54) is 0 Å². The van der Waals surface area contributed by atoms with Crippen LogP contribution in [0, 0.1) is 0 Å². The van der Waals surface area contributed by atoms with Gasteiger partial charge >= 0.3 is 0 Å². The van der Waals surface area contributed by atoms with Gasteiger partial charge in [0.05, 0.1) is 23.6 Å². The molecule has 2 aliphatic rings. The van der Waals surface area contributed by atoms with Gasteiger partial charge in [-0.15, -0.1) is 0 Å². The van der Waals surface area contributed by atoms with Gasteiger partial charge in [0.2, 0.25) is 5.91 Å². The summed E-state index contributed by atoms with van der Waals surface area (Å²) in [7, 11) is 1.79. The van der Waals surface area contributed by atoms with E-state index in [4.69, 9.17) is 4.98 Å². The summed E-state index contributed by atoms with van der Waals surface area (Å²) in [5.74, 6) is 0.871. The molecule has 2 aliphatic heterocycles. The van der Waals surface area contributed by atoms with Crippen LogP contribution >= 0.6 is 0 Å². The van der Waals surface area contributed by atoms with Gasteiger partial charge in [-0.3, -0.25) is 19.1 Å². The minimum absolute atomic E-state index is 0.0192. The first-order valence-electron chi connectivity index (χ1n) is 10.8. The first kappa shape index (κ1) is 19.8. The fourth-order valence-electron chi connectivity index (χ4n) is 5.09. The predicted octanol–water partition coefficient (Wildman–Crippen LogP) is 2.42. The summed E-state index contributed by atoms with van der Waals surface area (Å²) >= 11 is 0. The first-order valence-corrected chi connectivity index (χ1v) is 10.8. The molecule has 160 valence electrons. The van der Waals surface area contributed by atoms with E-state index in [-0.39, 0.29) is 17.5 Å². The van der Waals surface area contributed by atoms with Crippen molar-refractivity contribution in [2.45, 2.75) is 31.3 Å². The molecule has 2 fully saturated rings. The van der Waals surface area contributed by atoms with Gasteiger partial charge < -0.3 is 10.2 Å². The second-order valence-corrected chi connectivity index (χ2v) is 8.52. The summed E-state index contributed by atoms with van der Waals surface area (Å²) in [5, 5.41) is 3.69. The third kappa shape index (κ3) is 3.11. The van der Waals surface area contributed by atoms with E-state index in [1.807, 2.05) is 42.5 Å². The van der Waals surface area contributed by atoms with E-state index in [2.05, 4.69) is 34.2 Å². The van der Waals surface area contributed by atoms with Crippen molar-refractivity contribution in [2.24, 2.45) is 7.05 Å². The number of nitrogens with zero attached hydrogens (tertiary/aromatic N) is 4. The zero-order valence-corrected chi connectivity index (χ0v) is 17.9. The van der Waals surface area contributed by atoms with Crippen LogP contribution in [0.3, 0.4) is 0 Å². The van der Waals surface area contributed by atoms with E-state index >= 15 is 0 Å². The van der Waals surface area contributed by atoms with Crippen molar-refractivity contribution in [3.05, 3.63) is 70.8 Å². The second kappa shape index (κ2) is 7.50. The number of carbonyl (C=O) groups is 1. The number of aromatic nitrogens is 2. The normalized spacial score (nSPS) is 19.7. The number of hydrogen-bond acceptors (Lipinski definition) is 5. The molecular formula is C24H27N5O2. The molecule has 3 aromatic rings. The highest BCUT2D eigenvalue weighted by Crippen LogP contribution is 2.37. The number of fused-ring (bicyclic) bond motifs is 1. The highest BCUT2D eigenvalue weighted by molar-refractivity contribution is 5.93. The van der Waals surface area contributed by atoms with Crippen molar-refractivity contribution >= 4 is 22.5 Å². The van der Waals surface area contributed by atoms with Crippen molar-refractivity contribution in [1.82, 2.24) is 19.8 Å². The van der Waals surface area contributed by atoms with E-state index < -0.39 is 5.54 Å². The van der Waals surface area contributed by atoms with E-state index in [0.717, 1.165) is 43.0 Å². The molecule has 7 heteroatoms. The van der Waals surface area contributed by atoms with Gasteiger partial charge in [-0.2, -0.15) is 0 Å². The molecule has 1 amide bonds. The molecule has 1 atom stereocenters. The number of hydrogen-bond donors (Lipinski definition) is 1. The molecule has 2 saturated heterocycles. The minimum Gasteiger partial charge on any atom is -0.339 e. The number of likely N-dealkylation sites (tertiary alicyclic amines) is 1. The Balaban J connectivity index is 1.40. The largest absolute Gasteiger partial charge is 0.339 e. The van der Waals surface area contributed by atoms with Gasteiger partial charge in [0.25, 0.3) is 5.56 Å². The molecule has 0 aliphatic carbocycles. The van der Waals surface area contributed by atoms with Crippen LogP contribution in [0.4, 0.5) is 5.69 Å². The van der Waals surface area contributed by atoms with Crippen LogP contribution in [-0.2, 0) is 11.8 Å². The summed E-state index contributed by atoms with van der Waals surface area (Å²) < 4.78 is 1.66. The highest BCUT2D eigenvalue weighted by atomic mass is 16.2.